The van der Waals surface area contributed by atoms with Crippen molar-refractivity contribution in [2.75, 3.05) is 12.4 Å². The molecule has 1 aliphatic rings. The number of hydrogen-bond donors (Lipinski definition) is 0. The van der Waals surface area contributed by atoms with E-state index in [2.05, 4.69) is 30.7 Å². The molecular weight excluding hydrogens is 274 g/mol. The van der Waals surface area contributed by atoms with Crippen LogP contribution in [0.3, 0.4) is 0 Å². The van der Waals surface area contributed by atoms with E-state index in [4.69, 9.17) is 0 Å². The smallest absolute Gasteiger partial charge is 0.313 e. The first kappa shape index (κ1) is 12.7. The number of benzene rings is 1. The summed E-state index contributed by atoms with van der Waals surface area (Å²) in [5.74, 6) is -0.408. The lowest BCUT2D eigenvalue weighted by Gasteiger charge is -2.11. The Morgan fingerprint density at radius 3 is 2.44 bits per heavy atom. The number of alkyl halides is 1. The first-order valence-corrected chi connectivity index (χ1v) is 5.78. The quantitative estimate of drug-likeness (QED) is 0.633. The van der Waals surface area contributed by atoms with Crippen LogP contribution < -0.4 is 0 Å². The monoisotopic (exact) mass is 285 g/mol. The van der Waals surface area contributed by atoms with Crippen molar-refractivity contribution in [2.24, 2.45) is 5.16 Å². The van der Waals surface area contributed by atoms with E-state index in [1.54, 1.807) is 0 Å². The lowest BCUT2D eigenvalue weighted by molar-refractivity contribution is -0.141. The SMILES string of the molecule is C1=NO1.COC(=O)C(CBr)c1ccccc1. The Morgan fingerprint density at radius 2 is 2.06 bits per heavy atom. The highest BCUT2D eigenvalue weighted by Gasteiger charge is 2.19. The number of ether oxygens (including phenoxy) is 1. The molecule has 86 valence electrons. The van der Waals surface area contributed by atoms with Gasteiger partial charge in [0.2, 0.25) is 6.40 Å². The number of hydrogen-bond acceptors (Lipinski definition) is 4. The Bertz CT molecular complexity index is 350. The minimum Gasteiger partial charge on any atom is -0.469 e. The van der Waals surface area contributed by atoms with Gasteiger partial charge in [0.1, 0.15) is 0 Å². The maximum absolute atomic E-state index is 11.3. The minimum absolute atomic E-state index is 0.203. The third-order valence-corrected chi connectivity index (χ3v) is 2.59. The average molecular weight is 286 g/mol. The molecule has 0 saturated carbocycles. The number of esters is 1. The van der Waals surface area contributed by atoms with Crippen molar-refractivity contribution in [1.82, 2.24) is 0 Å². The molecule has 16 heavy (non-hydrogen) atoms. The molecule has 0 aromatic heterocycles. The van der Waals surface area contributed by atoms with Gasteiger partial charge in [-0.3, -0.25) is 4.79 Å². The van der Waals surface area contributed by atoms with Crippen LogP contribution in [0.15, 0.2) is 35.5 Å². The Kier molecular flexibility index (Phi) is 5.56. The average Bonchev–Trinajstić information content (AvgIpc) is 3.19. The van der Waals surface area contributed by atoms with Crippen molar-refractivity contribution in [3.05, 3.63) is 35.9 Å². The van der Waals surface area contributed by atoms with Crippen LogP contribution in [-0.2, 0) is 14.4 Å². The summed E-state index contributed by atoms with van der Waals surface area (Å²) in [6, 6.07) is 9.58. The van der Waals surface area contributed by atoms with Crippen LogP contribution in [-0.4, -0.2) is 24.8 Å². The van der Waals surface area contributed by atoms with Gasteiger partial charge in [0.05, 0.1) is 13.0 Å². The predicted octanol–water partition coefficient (Wildman–Crippen LogP) is 2.30. The lowest BCUT2D eigenvalue weighted by Crippen LogP contribution is -2.15. The van der Waals surface area contributed by atoms with Crippen molar-refractivity contribution in [3.63, 3.8) is 0 Å². The van der Waals surface area contributed by atoms with Gasteiger partial charge in [-0.1, -0.05) is 46.3 Å². The zero-order valence-electron chi connectivity index (χ0n) is 8.80. The van der Waals surface area contributed by atoms with Crippen LogP contribution in [0.25, 0.3) is 0 Å². The summed E-state index contributed by atoms with van der Waals surface area (Å²) in [7, 11) is 1.40. The Labute approximate surface area is 102 Å². The van der Waals surface area contributed by atoms with Crippen molar-refractivity contribution >= 4 is 28.3 Å². The van der Waals surface area contributed by atoms with Crippen LogP contribution >= 0.6 is 15.9 Å². The fraction of sp³-hybridized carbons (Fsp3) is 0.273. The summed E-state index contributed by atoms with van der Waals surface area (Å²) in [6.07, 6.45) is 1.38. The number of carbonyl (C=O) groups is 1. The Morgan fingerprint density at radius 1 is 1.50 bits per heavy atom. The lowest BCUT2D eigenvalue weighted by atomic mass is 10.0. The van der Waals surface area contributed by atoms with Crippen LogP contribution in [0.4, 0.5) is 0 Å². The van der Waals surface area contributed by atoms with Crippen molar-refractivity contribution < 1.29 is 14.4 Å². The van der Waals surface area contributed by atoms with E-state index in [1.807, 2.05) is 30.3 Å². The molecule has 1 heterocycles. The van der Waals surface area contributed by atoms with E-state index in [0.717, 1.165) is 5.56 Å². The molecule has 4 nitrogen and oxygen atoms in total. The van der Waals surface area contributed by atoms with E-state index in [9.17, 15) is 4.79 Å². The van der Waals surface area contributed by atoms with Gasteiger partial charge in [-0.15, -0.1) is 0 Å². The summed E-state index contributed by atoms with van der Waals surface area (Å²) in [5, 5.41) is 3.71. The van der Waals surface area contributed by atoms with Crippen molar-refractivity contribution in [2.45, 2.75) is 5.92 Å². The number of methoxy groups -OCH3 is 1. The van der Waals surface area contributed by atoms with Gasteiger partial charge in [-0.25, -0.2) is 0 Å². The van der Waals surface area contributed by atoms with Crippen molar-refractivity contribution in [1.29, 1.82) is 0 Å². The molecular formula is C11H12BrNO3. The zero-order valence-corrected chi connectivity index (χ0v) is 10.4. The molecule has 0 bridgehead atoms. The number of halogens is 1. The molecule has 0 spiro atoms. The number of rotatable bonds is 3. The molecule has 1 aromatic carbocycles. The standard InChI is InChI=1S/C10H11BrO2.CHNO/c1-13-10(12)9(7-11)8-5-3-2-4-6-8;1-2-3-1/h2-6,9H,7H2,1H3;1H. The van der Waals surface area contributed by atoms with Gasteiger partial charge in [0, 0.05) is 5.33 Å². The van der Waals surface area contributed by atoms with Gasteiger partial charge in [0.25, 0.3) is 0 Å². The Balaban J connectivity index is 0.000000365. The topological polar surface area (TPSA) is 51.2 Å². The van der Waals surface area contributed by atoms with Gasteiger partial charge >= 0.3 is 5.97 Å². The van der Waals surface area contributed by atoms with E-state index in [1.165, 1.54) is 13.5 Å². The highest BCUT2D eigenvalue weighted by atomic mass is 79.9. The maximum Gasteiger partial charge on any atom is 0.313 e. The predicted molar refractivity (Wildman–Crippen MR) is 64.6 cm³/mol. The van der Waals surface area contributed by atoms with Crippen LogP contribution in [0.1, 0.15) is 11.5 Å². The van der Waals surface area contributed by atoms with Gasteiger partial charge in [-0.05, 0) is 10.7 Å². The van der Waals surface area contributed by atoms with E-state index < -0.39 is 0 Å². The molecule has 0 radical (unpaired) electrons. The van der Waals surface area contributed by atoms with Gasteiger partial charge in [-0.2, -0.15) is 0 Å². The van der Waals surface area contributed by atoms with Gasteiger partial charge in [0.15, 0.2) is 0 Å². The molecule has 1 aliphatic heterocycles. The van der Waals surface area contributed by atoms with E-state index in [-0.39, 0.29) is 11.9 Å². The molecule has 0 amide bonds. The van der Waals surface area contributed by atoms with Crippen molar-refractivity contribution in [3.8, 4) is 0 Å². The third kappa shape index (κ3) is 4.44. The third-order valence-electron chi connectivity index (χ3n) is 1.95. The molecule has 0 aliphatic carbocycles. The molecule has 0 saturated heterocycles. The van der Waals surface area contributed by atoms with E-state index >= 15 is 0 Å². The maximum atomic E-state index is 11.3. The second-order valence-corrected chi connectivity index (χ2v) is 3.60. The molecule has 5 heteroatoms. The summed E-state index contributed by atoms with van der Waals surface area (Å²) >= 11 is 3.29. The first-order valence-electron chi connectivity index (χ1n) is 4.66. The van der Waals surface area contributed by atoms with E-state index in [0.29, 0.717) is 5.33 Å². The Hall–Kier alpha value is -1.36. The summed E-state index contributed by atoms with van der Waals surface area (Å²) in [5.41, 5.74) is 0.978. The normalized spacial score (nSPS) is 12.9. The highest BCUT2D eigenvalue weighted by Crippen LogP contribution is 2.18. The molecule has 1 aromatic rings. The molecule has 1 atom stereocenters. The number of oxime groups is 1. The first-order chi connectivity index (χ1) is 7.79. The van der Waals surface area contributed by atoms with Crippen LogP contribution in [0.5, 0.6) is 0 Å². The molecule has 1 unspecified atom stereocenters. The fourth-order valence-corrected chi connectivity index (χ4v) is 1.75. The number of carbonyl (C=O) groups excluding carboxylic acids is 1. The second kappa shape index (κ2) is 7.00. The summed E-state index contributed by atoms with van der Waals surface area (Å²) in [4.78, 5) is 15.3. The molecule has 2 rings (SSSR count). The minimum atomic E-state index is -0.205. The highest BCUT2D eigenvalue weighted by molar-refractivity contribution is 9.09. The summed E-state index contributed by atoms with van der Waals surface area (Å²) < 4.78 is 4.69. The largest absolute Gasteiger partial charge is 0.469 e. The van der Waals surface area contributed by atoms with Crippen LogP contribution in [0.2, 0.25) is 0 Å². The second-order valence-electron chi connectivity index (χ2n) is 2.96. The fourth-order valence-electron chi connectivity index (χ4n) is 1.12. The molecule has 0 N–H and O–H groups in total. The summed E-state index contributed by atoms with van der Waals surface area (Å²) in [6.45, 7) is 0. The number of nitrogens with zero attached hydrogens (tertiary/aromatic N) is 1. The molecule has 0 fully saturated rings. The zero-order chi connectivity index (χ0) is 11.8. The van der Waals surface area contributed by atoms with Gasteiger partial charge < -0.3 is 9.57 Å². The van der Waals surface area contributed by atoms with Crippen LogP contribution in [0, 0.1) is 0 Å².